The summed E-state index contributed by atoms with van der Waals surface area (Å²) >= 11 is 0. The molecule has 0 aliphatic heterocycles. The Hall–Kier alpha value is -3.29. The van der Waals surface area contributed by atoms with Crippen molar-refractivity contribution in [1.29, 1.82) is 0 Å². The molecule has 0 fully saturated rings. The molecule has 8 heteroatoms. The third-order valence-electron chi connectivity index (χ3n) is 5.62. The van der Waals surface area contributed by atoms with E-state index in [2.05, 4.69) is 20.6 Å². The summed E-state index contributed by atoms with van der Waals surface area (Å²) in [4.78, 5) is 12.8. The molecule has 1 atom stereocenters. The highest BCUT2D eigenvalue weighted by Gasteiger charge is 2.27. The van der Waals surface area contributed by atoms with Crippen molar-refractivity contribution in [1.82, 2.24) is 25.3 Å². The number of carbonyl (C=O) groups excluding carboxylic acids is 1. The maximum atomic E-state index is 12.8. The summed E-state index contributed by atoms with van der Waals surface area (Å²) in [5, 5.41) is 14.7. The van der Waals surface area contributed by atoms with Crippen LogP contribution in [0, 0.1) is 13.8 Å². The molecule has 2 heterocycles. The molecule has 0 bridgehead atoms. The van der Waals surface area contributed by atoms with Crippen LogP contribution in [0.2, 0.25) is 0 Å². The molecule has 0 unspecified atom stereocenters. The Morgan fingerprint density at radius 1 is 1.21 bits per heavy atom. The van der Waals surface area contributed by atoms with Gasteiger partial charge in [0.2, 0.25) is 0 Å². The number of nitrogens with zero attached hydrogens (tertiary/aromatic N) is 3. The highest BCUT2D eigenvalue weighted by Crippen LogP contribution is 2.39. The highest BCUT2D eigenvalue weighted by atomic mass is 16.5. The Morgan fingerprint density at radius 2 is 1.93 bits per heavy atom. The average molecular weight is 395 g/mol. The number of amides is 1. The zero-order valence-electron chi connectivity index (χ0n) is 17.3. The number of carbonyl (C=O) groups is 1. The van der Waals surface area contributed by atoms with E-state index in [0.29, 0.717) is 17.2 Å². The van der Waals surface area contributed by atoms with Gasteiger partial charge < -0.3 is 14.8 Å². The summed E-state index contributed by atoms with van der Waals surface area (Å²) in [5.74, 6) is 1.19. The highest BCUT2D eigenvalue weighted by molar-refractivity contribution is 5.93. The van der Waals surface area contributed by atoms with Crippen LogP contribution in [0.15, 0.2) is 18.2 Å². The van der Waals surface area contributed by atoms with Crippen LogP contribution in [0.3, 0.4) is 0 Å². The fraction of sp³-hybridized carbons (Fsp3) is 0.381. The molecule has 152 valence electrons. The first kappa shape index (κ1) is 19.0. The standard InChI is InChI=1S/C21H25N5O3/c1-11-20(12(2)26(3)25-11)16-10-17(24-23-16)21(27)22-15-7-6-13-8-18(28-4)19(29-5)9-14(13)15/h8-10,15H,6-7H2,1-5H3,(H,22,27)(H,23,24)/t15-/m0/s1. The molecule has 8 nitrogen and oxygen atoms in total. The number of H-pyrrole nitrogens is 1. The van der Waals surface area contributed by atoms with E-state index >= 15 is 0 Å². The number of rotatable bonds is 5. The molecule has 4 rings (SSSR count). The predicted octanol–water partition coefficient (Wildman–Crippen LogP) is 2.86. The van der Waals surface area contributed by atoms with E-state index in [1.807, 2.05) is 37.7 Å². The van der Waals surface area contributed by atoms with Crippen molar-refractivity contribution in [2.75, 3.05) is 14.2 Å². The number of ether oxygens (including phenoxy) is 2. The smallest absolute Gasteiger partial charge is 0.269 e. The molecule has 0 radical (unpaired) electrons. The number of hydrogen-bond acceptors (Lipinski definition) is 5. The van der Waals surface area contributed by atoms with Crippen LogP contribution in [0.4, 0.5) is 0 Å². The zero-order valence-corrected chi connectivity index (χ0v) is 17.3. The summed E-state index contributed by atoms with van der Waals surface area (Å²) in [6, 6.07) is 5.64. The van der Waals surface area contributed by atoms with Crippen molar-refractivity contribution >= 4 is 5.91 Å². The van der Waals surface area contributed by atoms with E-state index in [-0.39, 0.29) is 11.9 Å². The molecule has 0 saturated heterocycles. The lowest BCUT2D eigenvalue weighted by molar-refractivity contribution is 0.0931. The van der Waals surface area contributed by atoms with Gasteiger partial charge in [0.15, 0.2) is 11.5 Å². The second-order valence-corrected chi connectivity index (χ2v) is 7.31. The number of methoxy groups -OCH3 is 2. The van der Waals surface area contributed by atoms with Gasteiger partial charge in [0.25, 0.3) is 5.91 Å². The number of aryl methyl sites for hydroxylation is 3. The summed E-state index contributed by atoms with van der Waals surface area (Å²) in [5.41, 5.74) is 6.22. The lowest BCUT2D eigenvalue weighted by Crippen LogP contribution is -2.27. The van der Waals surface area contributed by atoms with Gasteiger partial charge in [-0.25, -0.2) is 0 Å². The second kappa shape index (κ2) is 7.27. The van der Waals surface area contributed by atoms with Gasteiger partial charge >= 0.3 is 0 Å². The molecular weight excluding hydrogens is 370 g/mol. The van der Waals surface area contributed by atoms with E-state index in [4.69, 9.17) is 9.47 Å². The van der Waals surface area contributed by atoms with Gasteiger partial charge in [0, 0.05) is 18.3 Å². The average Bonchev–Trinajstić information content (AvgIpc) is 3.39. The van der Waals surface area contributed by atoms with Gasteiger partial charge in [-0.05, 0) is 56.0 Å². The Bertz CT molecular complexity index is 1080. The number of hydrogen-bond donors (Lipinski definition) is 2. The number of nitrogens with one attached hydrogen (secondary N) is 2. The number of benzene rings is 1. The van der Waals surface area contributed by atoms with Crippen molar-refractivity contribution < 1.29 is 14.3 Å². The fourth-order valence-electron chi connectivity index (χ4n) is 4.03. The maximum absolute atomic E-state index is 12.8. The lowest BCUT2D eigenvalue weighted by Gasteiger charge is -2.15. The van der Waals surface area contributed by atoms with E-state index in [0.717, 1.165) is 41.1 Å². The topological polar surface area (TPSA) is 94.1 Å². The Kier molecular flexibility index (Phi) is 4.77. The molecule has 2 aromatic heterocycles. The van der Waals surface area contributed by atoms with Gasteiger partial charge in [-0.2, -0.15) is 10.2 Å². The molecule has 2 N–H and O–H groups in total. The van der Waals surface area contributed by atoms with Gasteiger partial charge in [-0.3, -0.25) is 14.6 Å². The number of aromatic amines is 1. The quantitative estimate of drug-likeness (QED) is 0.693. The maximum Gasteiger partial charge on any atom is 0.269 e. The third kappa shape index (κ3) is 3.24. The van der Waals surface area contributed by atoms with E-state index in [9.17, 15) is 4.79 Å². The van der Waals surface area contributed by atoms with Crippen molar-refractivity contribution in [2.45, 2.75) is 32.7 Å². The van der Waals surface area contributed by atoms with Crippen LogP contribution >= 0.6 is 0 Å². The van der Waals surface area contributed by atoms with Crippen LogP contribution in [-0.4, -0.2) is 40.1 Å². The normalized spacial score (nSPS) is 15.3. The summed E-state index contributed by atoms with van der Waals surface area (Å²) in [6.45, 7) is 3.93. The Morgan fingerprint density at radius 3 is 2.59 bits per heavy atom. The van der Waals surface area contributed by atoms with E-state index < -0.39 is 0 Å². The molecule has 3 aromatic rings. The Labute approximate surface area is 169 Å². The minimum atomic E-state index is -0.185. The number of aromatic nitrogens is 4. The van der Waals surface area contributed by atoms with Crippen molar-refractivity contribution in [3.05, 3.63) is 46.4 Å². The van der Waals surface area contributed by atoms with Crippen molar-refractivity contribution in [3.8, 4) is 22.8 Å². The summed E-state index contributed by atoms with van der Waals surface area (Å²) in [6.07, 6.45) is 1.71. The van der Waals surface area contributed by atoms with Crippen LogP contribution < -0.4 is 14.8 Å². The third-order valence-corrected chi connectivity index (χ3v) is 5.62. The van der Waals surface area contributed by atoms with Gasteiger partial charge in [0.05, 0.1) is 31.6 Å². The monoisotopic (exact) mass is 395 g/mol. The van der Waals surface area contributed by atoms with Crippen molar-refractivity contribution in [3.63, 3.8) is 0 Å². The second-order valence-electron chi connectivity index (χ2n) is 7.31. The molecule has 0 spiro atoms. The minimum Gasteiger partial charge on any atom is -0.493 e. The van der Waals surface area contributed by atoms with Gasteiger partial charge in [-0.15, -0.1) is 0 Å². The lowest BCUT2D eigenvalue weighted by atomic mass is 10.1. The molecular formula is C21H25N5O3. The van der Waals surface area contributed by atoms with Crippen LogP contribution in [0.5, 0.6) is 11.5 Å². The van der Waals surface area contributed by atoms with Crippen LogP contribution in [0.1, 0.15) is 45.5 Å². The van der Waals surface area contributed by atoms with Crippen LogP contribution in [-0.2, 0) is 13.5 Å². The fourth-order valence-corrected chi connectivity index (χ4v) is 4.03. The molecule has 1 aliphatic rings. The first-order valence-electron chi connectivity index (χ1n) is 9.54. The molecule has 1 amide bonds. The molecule has 29 heavy (non-hydrogen) atoms. The summed E-state index contributed by atoms with van der Waals surface area (Å²) < 4.78 is 12.6. The summed E-state index contributed by atoms with van der Waals surface area (Å²) in [7, 11) is 5.13. The number of fused-ring (bicyclic) bond motifs is 1. The predicted molar refractivity (Wildman–Crippen MR) is 108 cm³/mol. The van der Waals surface area contributed by atoms with Gasteiger partial charge in [0.1, 0.15) is 5.69 Å². The largest absolute Gasteiger partial charge is 0.493 e. The zero-order chi connectivity index (χ0) is 20.7. The minimum absolute atomic E-state index is 0.0779. The molecule has 1 aromatic carbocycles. The first-order chi connectivity index (χ1) is 13.9. The van der Waals surface area contributed by atoms with Crippen molar-refractivity contribution in [2.24, 2.45) is 7.05 Å². The van der Waals surface area contributed by atoms with E-state index in [1.165, 1.54) is 5.56 Å². The first-order valence-corrected chi connectivity index (χ1v) is 9.54. The molecule has 0 saturated carbocycles. The van der Waals surface area contributed by atoms with Crippen LogP contribution in [0.25, 0.3) is 11.3 Å². The van der Waals surface area contributed by atoms with E-state index in [1.54, 1.807) is 20.3 Å². The molecule has 1 aliphatic carbocycles. The Balaban J connectivity index is 1.56. The SMILES string of the molecule is COc1cc2c(cc1OC)[C@@H](NC(=O)c1cc(-c3c(C)nn(C)c3C)n[nH]1)CC2. The van der Waals surface area contributed by atoms with Gasteiger partial charge in [-0.1, -0.05) is 0 Å².